The molecule has 3 aliphatic rings. The number of hydrogen-bond acceptors (Lipinski definition) is 4. The summed E-state index contributed by atoms with van der Waals surface area (Å²) in [6.45, 7) is 5.15. The van der Waals surface area contributed by atoms with Gasteiger partial charge in [0.25, 0.3) is 0 Å². The second kappa shape index (κ2) is 6.23. The average Bonchev–Trinajstić information content (AvgIpc) is 3.40. The van der Waals surface area contributed by atoms with E-state index in [0.717, 1.165) is 32.3 Å². The van der Waals surface area contributed by atoms with Crippen LogP contribution in [0.2, 0.25) is 0 Å². The molecule has 1 saturated carbocycles. The molecule has 2 aliphatic heterocycles. The fourth-order valence-corrected chi connectivity index (χ4v) is 4.28. The largest absolute Gasteiger partial charge is 0.390 e. The number of hydrogen-bond donors (Lipinski definition) is 1. The minimum atomic E-state index is -0.411. The molecule has 0 aromatic rings. The fraction of sp³-hybridized carbons (Fsp3) is 0.889. The lowest BCUT2D eigenvalue weighted by molar-refractivity contribution is -0.116. The summed E-state index contributed by atoms with van der Waals surface area (Å²) < 4.78 is 17.5. The zero-order chi connectivity index (χ0) is 15.8. The molecule has 0 aromatic carbocycles. The van der Waals surface area contributed by atoms with Gasteiger partial charge in [0.2, 0.25) is 0 Å². The van der Waals surface area contributed by atoms with Crippen LogP contribution in [-0.4, -0.2) is 48.3 Å². The third-order valence-corrected chi connectivity index (χ3v) is 5.76. The maximum atomic E-state index is 10.3. The summed E-state index contributed by atoms with van der Waals surface area (Å²) in [5, 5.41) is 10.3. The summed E-state index contributed by atoms with van der Waals surface area (Å²) in [4.78, 5) is 0. The van der Waals surface area contributed by atoms with Crippen molar-refractivity contribution < 1.29 is 19.3 Å². The third kappa shape index (κ3) is 2.86. The lowest BCUT2D eigenvalue weighted by Crippen LogP contribution is -2.54. The lowest BCUT2D eigenvalue weighted by atomic mass is 9.68. The molecule has 6 unspecified atom stereocenters. The van der Waals surface area contributed by atoms with E-state index in [1.54, 1.807) is 7.11 Å². The Labute approximate surface area is 133 Å². The van der Waals surface area contributed by atoms with E-state index in [4.69, 9.17) is 14.2 Å². The molecule has 0 aromatic heterocycles. The van der Waals surface area contributed by atoms with Crippen molar-refractivity contribution in [3.05, 3.63) is 12.2 Å². The maximum absolute atomic E-state index is 10.3. The Morgan fingerprint density at radius 3 is 2.77 bits per heavy atom. The first-order valence-electron chi connectivity index (χ1n) is 8.75. The monoisotopic (exact) mass is 310 g/mol. The van der Waals surface area contributed by atoms with Crippen molar-refractivity contribution in [1.82, 2.24) is 0 Å². The van der Waals surface area contributed by atoms with E-state index in [2.05, 4.69) is 26.0 Å². The Hall–Kier alpha value is -0.420. The number of unbranched alkanes of at least 4 members (excludes halogenated alkanes) is 2. The third-order valence-electron chi connectivity index (χ3n) is 5.76. The SMILES string of the molecule is CCCCC=CCC1OC1(C)C1C(OC)C(O)CCC12CO2. The van der Waals surface area contributed by atoms with Crippen LogP contribution in [0.3, 0.4) is 0 Å². The molecule has 4 heteroatoms. The van der Waals surface area contributed by atoms with Gasteiger partial charge < -0.3 is 19.3 Å². The Morgan fingerprint density at radius 2 is 2.14 bits per heavy atom. The van der Waals surface area contributed by atoms with Gasteiger partial charge in [0, 0.05) is 7.11 Å². The smallest absolute Gasteiger partial charge is 0.101 e. The van der Waals surface area contributed by atoms with Gasteiger partial charge in [-0.05, 0) is 32.6 Å². The summed E-state index contributed by atoms with van der Waals surface area (Å²) in [5.74, 6) is 0.128. The Kier molecular flexibility index (Phi) is 4.66. The number of rotatable bonds is 7. The van der Waals surface area contributed by atoms with Gasteiger partial charge in [-0.2, -0.15) is 0 Å². The Balaban J connectivity index is 1.63. The van der Waals surface area contributed by atoms with Crippen LogP contribution in [0.5, 0.6) is 0 Å². The number of allylic oxidation sites excluding steroid dienone is 1. The van der Waals surface area contributed by atoms with Crippen molar-refractivity contribution >= 4 is 0 Å². The molecular formula is C18H30O4. The molecule has 0 bridgehead atoms. The summed E-state index contributed by atoms with van der Waals surface area (Å²) in [5.41, 5.74) is -0.344. The molecule has 2 saturated heterocycles. The van der Waals surface area contributed by atoms with Gasteiger partial charge in [-0.1, -0.05) is 31.9 Å². The maximum Gasteiger partial charge on any atom is 0.101 e. The number of aliphatic hydroxyl groups excluding tert-OH is 1. The van der Waals surface area contributed by atoms with Crippen LogP contribution in [0.15, 0.2) is 12.2 Å². The van der Waals surface area contributed by atoms with Crippen LogP contribution in [-0.2, 0) is 14.2 Å². The fourth-order valence-electron chi connectivity index (χ4n) is 4.28. The van der Waals surface area contributed by atoms with Crippen LogP contribution in [0, 0.1) is 5.92 Å². The minimum Gasteiger partial charge on any atom is -0.390 e. The normalized spacial score (nSPS) is 47.3. The summed E-state index contributed by atoms with van der Waals surface area (Å²) in [6, 6.07) is 0. The summed E-state index contributed by atoms with van der Waals surface area (Å²) in [7, 11) is 1.69. The van der Waals surface area contributed by atoms with Crippen LogP contribution < -0.4 is 0 Å². The van der Waals surface area contributed by atoms with Gasteiger partial charge in [-0.3, -0.25) is 0 Å². The van der Waals surface area contributed by atoms with Gasteiger partial charge in [-0.15, -0.1) is 0 Å². The van der Waals surface area contributed by atoms with Crippen molar-refractivity contribution in [2.24, 2.45) is 5.92 Å². The molecule has 0 amide bonds. The second-order valence-electron chi connectivity index (χ2n) is 7.28. The topological polar surface area (TPSA) is 54.5 Å². The zero-order valence-electron chi connectivity index (χ0n) is 14.1. The van der Waals surface area contributed by atoms with E-state index in [1.165, 1.54) is 12.8 Å². The van der Waals surface area contributed by atoms with Gasteiger partial charge in [0.1, 0.15) is 5.60 Å². The molecule has 1 spiro atoms. The number of aliphatic hydroxyl groups is 1. The van der Waals surface area contributed by atoms with Crippen molar-refractivity contribution in [3.63, 3.8) is 0 Å². The highest BCUT2D eigenvalue weighted by Crippen LogP contribution is 2.59. The first kappa shape index (κ1) is 16.4. The highest BCUT2D eigenvalue weighted by molar-refractivity contribution is 5.20. The van der Waals surface area contributed by atoms with E-state index in [-0.39, 0.29) is 29.3 Å². The highest BCUT2D eigenvalue weighted by atomic mass is 16.6. The quantitative estimate of drug-likeness (QED) is 0.446. The van der Waals surface area contributed by atoms with Crippen LogP contribution >= 0.6 is 0 Å². The molecule has 0 radical (unpaired) electrons. The van der Waals surface area contributed by atoms with Crippen molar-refractivity contribution in [1.29, 1.82) is 0 Å². The predicted octanol–water partition coefficient (Wildman–Crippen LogP) is 2.84. The molecule has 126 valence electrons. The van der Waals surface area contributed by atoms with Gasteiger partial charge in [0.15, 0.2) is 0 Å². The Bertz CT molecular complexity index is 417. The molecule has 3 fully saturated rings. The van der Waals surface area contributed by atoms with E-state index >= 15 is 0 Å². The molecule has 2 heterocycles. The van der Waals surface area contributed by atoms with Crippen molar-refractivity contribution in [2.75, 3.05) is 13.7 Å². The van der Waals surface area contributed by atoms with E-state index < -0.39 is 6.10 Å². The van der Waals surface area contributed by atoms with Gasteiger partial charge in [-0.25, -0.2) is 0 Å². The molecule has 1 N–H and O–H groups in total. The summed E-state index contributed by atoms with van der Waals surface area (Å²) in [6.07, 6.45) is 10.4. The first-order valence-corrected chi connectivity index (χ1v) is 8.75. The molecule has 6 atom stereocenters. The van der Waals surface area contributed by atoms with E-state index in [1.807, 2.05) is 0 Å². The van der Waals surface area contributed by atoms with Crippen molar-refractivity contribution in [3.8, 4) is 0 Å². The number of ether oxygens (including phenoxy) is 3. The standard InChI is InChI=1S/C18H30O4/c1-4-5-6-7-8-9-14-17(2,22-14)16-15(20-3)13(19)10-11-18(16)12-21-18/h7-8,13-16,19H,4-6,9-12H2,1-3H3. The minimum absolute atomic E-state index is 0.116. The average molecular weight is 310 g/mol. The van der Waals surface area contributed by atoms with Crippen molar-refractivity contribution in [2.45, 2.75) is 81.9 Å². The predicted molar refractivity (Wildman–Crippen MR) is 84.8 cm³/mol. The molecule has 22 heavy (non-hydrogen) atoms. The van der Waals surface area contributed by atoms with Crippen LogP contribution in [0.1, 0.15) is 52.4 Å². The zero-order valence-corrected chi connectivity index (χ0v) is 14.1. The Morgan fingerprint density at radius 1 is 1.36 bits per heavy atom. The van der Waals surface area contributed by atoms with Crippen LogP contribution in [0.4, 0.5) is 0 Å². The first-order chi connectivity index (χ1) is 10.6. The molecule has 1 aliphatic carbocycles. The number of epoxide rings is 2. The number of methoxy groups -OCH3 is 1. The molecular weight excluding hydrogens is 280 g/mol. The van der Waals surface area contributed by atoms with Gasteiger partial charge in [0.05, 0.1) is 36.4 Å². The molecule has 4 nitrogen and oxygen atoms in total. The molecule has 3 rings (SSSR count). The van der Waals surface area contributed by atoms with Gasteiger partial charge >= 0.3 is 0 Å². The van der Waals surface area contributed by atoms with E-state index in [0.29, 0.717) is 0 Å². The van der Waals surface area contributed by atoms with Crippen LogP contribution in [0.25, 0.3) is 0 Å². The summed E-state index contributed by atoms with van der Waals surface area (Å²) >= 11 is 0. The lowest BCUT2D eigenvalue weighted by Gasteiger charge is -2.41. The highest BCUT2D eigenvalue weighted by Gasteiger charge is 2.71. The van der Waals surface area contributed by atoms with E-state index in [9.17, 15) is 5.11 Å². The second-order valence-corrected chi connectivity index (χ2v) is 7.28.